The van der Waals surface area contributed by atoms with Crippen LogP contribution >= 0.6 is 34.4 Å². The van der Waals surface area contributed by atoms with Gasteiger partial charge in [-0.25, -0.2) is 0 Å². The maximum absolute atomic E-state index is 11.8. The molecule has 0 aromatic heterocycles. The van der Waals surface area contributed by atoms with E-state index in [9.17, 15) is 9.90 Å². The number of phenolic OH excluding ortho intramolecular Hbond substituents is 1. The Balaban J connectivity index is 2.69. The molecule has 0 aliphatic carbocycles. The third kappa shape index (κ3) is 3.86. The number of hydrogen-bond acceptors (Lipinski definition) is 3. The monoisotopic (exact) mass is 351 g/mol. The highest BCUT2D eigenvalue weighted by atomic mass is 127. The molecular weight excluding hydrogens is 337 g/mol. The molecule has 2 N–H and O–H groups in total. The van der Waals surface area contributed by atoms with E-state index in [1.807, 2.05) is 35.8 Å². The highest BCUT2D eigenvalue weighted by Crippen LogP contribution is 2.20. The van der Waals surface area contributed by atoms with Gasteiger partial charge >= 0.3 is 0 Å². The van der Waals surface area contributed by atoms with Gasteiger partial charge in [-0.1, -0.05) is 0 Å². The molecule has 0 heterocycles. The predicted molar refractivity (Wildman–Crippen MR) is 76.1 cm³/mol. The van der Waals surface area contributed by atoms with Crippen molar-refractivity contribution in [2.75, 3.05) is 12.0 Å². The van der Waals surface area contributed by atoms with E-state index in [1.165, 1.54) is 6.07 Å². The number of hydrogen-bond donors (Lipinski definition) is 2. The maximum Gasteiger partial charge on any atom is 0.251 e. The highest BCUT2D eigenvalue weighted by Gasteiger charge is 2.10. The minimum absolute atomic E-state index is 0.129. The minimum Gasteiger partial charge on any atom is -0.507 e. The van der Waals surface area contributed by atoms with E-state index in [2.05, 4.69) is 5.32 Å². The lowest BCUT2D eigenvalue weighted by Crippen LogP contribution is -2.34. The van der Waals surface area contributed by atoms with Gasteiger partial charge in [-0.15, -0.1) is 0 Å². The molecule has 1 aromatic carbocycles. The Morgan fingerprint density at radius 2 is 2.31 bits per heavy atom. The average molecular weight is 351 g/mol. The number of amides is 1. The van der Waals surface area contributed by atoms with Crippen LogP contribution in [0.25, 0.3) is 0 Å². The fourth-order valence-electron chi connectivity index (χ4n) is 1.25. The number of carbonyl (C=O) groups excluding carboxylic acids is 1. The molecule has 1 amide bonds. The Morgan fingerprint density at radius 3 is 2.88 bits per heavy atom. The lowest BCUT2D eigenvalue weighted by molar-refractivity contribution is 0.0943. The average Bonchev–Trinajstić information content (AvgIpc) is 2.22. The second-order valence-corrected chi connectivity index (χ2v) is 5.57. The van der Waals surface area contributed by atoms with E-state index in [0.29, 0.717) is 5.56 Å². The first-order valence-electron chi connectivity index (χ1n) is 4.83. The topological polar surface area (TPSA) is 49.3 Å². The Labute approximate surface area is 113 Å². The van der Waals surface area contributed by atoms with Crippen LogP contribution in [0, 0.1) is 3.57 Å². The first-order valence-corrected chi connectivity index (χ1v) is 7.30. The van der Waals surface area contributed by atoms with Crippen molar-refractivity contribution >= 4 is 40.3 Å². The van der Waals surface area contributed by atoms with Crippen molar-refractivity contribution in [3.8, 4) is 5.75 Å². The molecule has 0 bridgehead atoms. The van der Waals surface area contributed by atoms with Crippen LogP contribution in [-0.4, -0.2) is 29.1 Å². The summed E-state index contributed by atoms with van der Waals surface area (Å²) in [6, 6.07) is 5.05. The summed E-state index contributed by atoms with van der Waals surface area (Å²) in [4.78, 5) is 11.8. The van der Waals surface area contributed by atoms with Crippen LogP contribution in [0.5, 0.6) is 5.75 Å². The predicted octanol–water partition coefficient (Wildman–Crippen LogP) is 2.48. The molecule has 0 radical (unpaired) electrons. The smallest absolute Gasteiger partial charge is 0.251 e. The largest absolute Gasteiger partial charge is 0.507 e. The fourth-order valence-corrected chi connectivity index (χ4v) is 2.17. The van der Waals surface area contributed by atoms with E-state index in [1.54, 1.807) is 23.9 Å². The van der Waals surface area contributed by atoms with Crippen LogP contribution in [-0.2, 0) is 0 Å². The molecule has 88 valence electrons. The molecule has 16 heavy (non-hydrogen) atoms. The van der Waals surface area contributed by atoms with Gasteiger partial charge in [-0.05, 0) is 54.0 Å². The van der Waals surface area contributed by atoms with Crippen LogP contribution in [0.15, 0.2) is 18.2 Å². The Bertz CT molecular complexity index is 384. The van der Waals surface area contributed by atoms with Gasteiger partial charge in [0.25, 0.3) is 5.91 Å². The van der Waals surface area contributed by atoms with Crippen LogP contribution < -0.4 is 5.32 Å². The van der Waals surface area contributed by atoms with Crippen molar-refractivity contribution in [3.05, 3.63) is 27.3 Å². The summed E-state index contributed by atoms with van der Waals surface area (Å²) in [6.07, 6.45) is 2.00. The highest BCUT2D eigenvalue weighted by molar-refractivity contribution is 14.1. The first kappa shape index (κ1) is 13.6. The van der Waals surface area contributed by atoms with E-state index >= 15 is 0 Å². The van der Waals surface area contributed by atoms with Crippen molar-refractivity contribution in [3.63, 3.8) is 0 Å². The van der Waals surface area contributed by atoms with E-state index < -0.39 is 0 Å². The van der Waals surface area contributed by atoms with Gasteiger partial charge in [-0.2, -0.15) is 11.8 Å². The van der Waals surface area contributed by atoms with Gasteiger partial charge in [-0.3, -0.25) is 4.79 Å². The molecule has 1 unspecified atom stereocenters. The summed E-state index contributed by atoms with van der Waals surface area (Å²) >= 11 is 3.71. The fraction of sp³-hybridized carbons (Fsp3) is 0.364. The van der Waals surface area contributed by atoms with E-state index in [0.717, 1.165) is 9.32 Å². The lowest BCUT2D eigenvalue weighted by Gasteiger charge is -2.12. The standard InChI is InChI=1S/C11H14INO2S/c1-7(6-16-2)13-11(15)8-3-4-9(12)10(14)5-8/h3-5,7,14H,6H2,1-2H3,(H,13,15). The molecule has 1 aromatic rings. The van der Waals surface area contributed by atoms with Crippen molar-refractivity contribution < 1.29 is 9.90 Å². The van der Waals surface area contributed by atoms with Crippen molar-refractivity contribution in [2.45, 2.75) is 13.0 Å². The zero-order valence-corrected chi connectivity index (χ0v) is 12.1. The first-order chi connectivity index (χ1) is 7.54. The molecule has 3 nitrogen and oxygen atoms in total. The number of aromatic hydroxyl groups is 1. The molecule has 1 atom stereocenters. The molecule has 0 aliphatic heterocycles. The van der Waals surface area contributed by atoms with Crippen LogP contribution in [0.2, 0.25) is 0 Å². The quantitative estimate of drug-likeness (QED) is 0.820. The summed E-state index contributed by atoms with van der Waals surface area (Å²) in [5, 5.41) is 12.4. The molecule has 0 saturated heterocycles. The third-order valence-corrected chi connectivity index (χ3v) is 3.75. The molecule has 0 saturated carbocycles. The third-order valence-electron chi connectivity index (χ3n) is 2.00. The number of phenols is 1. The Kier molecular flexibility index (Phi) is 5.40. The van der Waals surface area contributed by atoms with E-state index in [4.69, 9.17) is 0 Å². The zero-order chi connectivity index (χ0) is 12.1. The van der Waals surface area contributed by atoms with Crippen LogP contribution in [0.1, 0.15) is 17.3 Å². The van der Waals surface area contributed by atoms with Gasteiger partial charge in [0.15, 0.2) is 0 Å². The second-order valence-electron chi connectivity index (χ2n) is 3.50. The summed E-state index contributed by atoms with van der Waals surface area (Å²) in [5.74, 6) is 0.876. The Morgan fingerprint density at radius 1 is 1.62 bits per heavy atom. The SMILES string of the molecule is CSCC(C)NC(=O)c1ccc(I)c(O)c1. The minimum atomic E-state index is -0.145. The van der Waals surface area contributed by atoms with Gasteiger partial charge < -0.3 is 10.4 Å². The zero-order valence-electron chi connectivity index (χ0n) is 9.16. The molecule has 5 heteroatoms. The summed E-state index contributed by atoms with van der Waals surface area (Å²) < 4.78 is 0.742. The number of thioether (sulfide) groups is 1. The summed E-state index contributed by atoms with van der Waals surface area (Å²) in [7, 11) is 0. The molecular formula is C11H14INO2S. The van der Waals surface area contributed by atoms with Crippen LogP contribution in [0.4, 0.5) is 0 Å². The van der Waals surface area contributed by atoms with Crippen LogP contribution in [0.3, 0.4) is 0 Å². The number of halogens is 1. The summed E-state index contributed by atoms with van der Waals surface area (Å²) in [6.45, 7) is 1.96. The van der Waals surface area contributed by atoms with E-state index in [-0.39, 0.29) is 17.7 Å². The van der Waals surface area contributed by atoms with Gasteiger partial charge in [0, 0.05) is 17.4 Å². The molecule has 0 spiro atoms. The van der Waals surface area contributed by atoms with Crippen molar-refractivity contribution in [1.29, 1.82) is 0 Å². The van der Waals surface area contributed by atoms with Crippen molar-refractivity contribution in [1.82, 2.24) is 5.32 Å². The Hall–Kier alpha value is -0.430. The van der Waals surface area contributed by atoms with Gasteiger partial charge in [0.1, 0.15) is 5.75 Å². The van der Waals surface area contributed by atoms with Crippen molar-refractivity contribution in [2.24, 2.45) is 0 Å². The lowest BCUT2D eigenvalue weighted by atomic mass is 10.2. The number of rotatable bonds is 4. The molecule has 0 aliphatic rings. The number of carbonyl (C=O) groups is 1. The number of nitrogens with one attached hydrogen (secondary N) is 1. The maximum atomic E-state index is 11.8. The molecule has 1 rings (SSSR count). The number of benzene rings is 1. The molecule has 0 fully saturated rings. The second kappa shape index (κ2) is 6.34. The van der Waals surface area contributed by atoms with Gasteiger partial charge in [0.05, 0.1) is 3.57 Å². The van der Waals surface area contributed by atoms with Gasteiger partial charge in [0.2, 0.25) is 0 Å². The summed E-state index contributed by atoms with van der Waals surface area (Å²) in [5.41, 5.74) is 0.492. The normalized spacial score (nSPS) is 12.2.